The quantitative estimate of drug-likeness (QED) is 0.780. The lowest BCUT2D eigenvalue weighted by Crippen LogP contribution is -2.52. The van der Waals surface area contributed by atoms with Crippen LogP contribution in [-0.2, 0) is 14.3 Å². The average molecular weight is 353 g/mol. The van der Waals surface area contributed by atoms with Crippen molar-refractivity contribution in [3.63, 3.8) is 0 Å². The zero-order valence-corrected chi connectivity index (χ0v) is 14.7. The van der Waals surface area contributed by atoms with Crippen LogP contribution < -0.4 is 9.64 Å². The molecule has 1 aromatic rings. The molecule has 6 nitrogen and oxygen atoms in total. The van der Waals surface area contributed by atoms with Gasteiger partial charge in [-0.2, -0.15) is 0 Å². The van der Waals surface area contributed by atoms with Gasteiger partial charge in [0.15, 0.2) is 0 Å². The third kappa shape index (κ3) is 3.14. The molecule has 0 unspecified atom stereocenters. The van der Waals surface area contributed by atoms with Crippen molar-refractivity contribution < 1.29 is 19.1 Å². The lowest BCUT2D eigenvalue weighted by Gasteiger charge is -2.37. The number of hydrogen-bond acceptors (Lipinski definition) is 5. The molecule has 0 aliphatic carbocycles. The van der Waals surface area contributed by atoms with Gasteiger partial charge in [-0.15, -0.1) is 0 Å². The molecule has 3 rings (SSSR count). The third-order valence-corrected chi connectivity index (χ3v) is 4.63. The van der Waals surface area contributed by atoms with Crippen molar-refractivity contribution in [3.8, 4) is 5.75 Å². The maximum Gasteiger partial charge on any atom is 0.251 e. The number of ether oxygens (including phenoxy) is 2. The van der Waals surface area contributed by atoms with Gasteiger partial charge in [0, 0.05) is 18.1 Å². The highest BCUT2D eigenvalue weighted by molar-refractivity contribution is 6.31. The van der Waals surface area contributed by atoms with Gasteiger partial charge in [0.05, 0.1) is 37.5 Å². The predicted molar refractivity (Wildman–Crippen MR) is 90.5 cm³/mol. The minimum absolute atomic E-state index is 0.0337. The zero-order chi connectivity index (χ0) is 17.4. The Bertz CT molecular complexity index is 656. The predicted octanol–water partition coefficient (Wildman–Crippen LogP) is 2.09. The van der Waals surface area contributed by atoms with Crippen LogP contribution in [-0.4, -0.2) is 55.2 Å². The van der Waals surface area contributed by atoms with E-state index < -0.39 is 6.04 Å². The summed E-state index contributed by atoms with van der Waals surface area (Å²) in [6.45, 7) is 5.21. The normalized spacial score (nSPS) is 28.5. The van der Waals surface area contributed by atoms with E-state index in [4.69, 9.17) is 21.1 Å². The van der Waals surface area contributed by atoms with Gasteiger partial charge in [-0.3, -0.25) is 14.5 Å². The number of imide groups is 1. The molecule has 2 saturated heterocycles. The molecule has 7 heteroatoms. The number of methoxy groups -OCH3 is 1. The number of morpholine rings is 1. The first kappa shape index (κ1) is 17.2. The van der Waals surface area contributed by atoms with E-state index in [1.165, 1.54) is 12.0 Å². The molecule has 2 heterocycles. The summed E-state index contributed by atoms with van der Waals surface area (Å²) in [5.41, 5.74) is 0.400. The molecule has 3 atom stereocenters. The van der Waals surface area contributed by atoms with Crippen LogP contribution in [0.5, 0.6) is 5.75 Å². The van der Waals surface area contributed by atoms with Crippen molar-refractivity contribution in [2.24, 2.45) is 0 Å². The van der Waals surface area contributed by atoms with Crippen molar-refractivity contribution in [1.29, 1.82) is 0 Å². The summed E-state index contributed by atoms with van der Waals surface area (Å²) in [5.74, 6) is -0.0234. The summed E-state index contributed by atoms with van der Waals surface area (Å²) >= 11 is 6.04. The molecule has 0 saturated carbocycles. The van der Waals surface area contributed by atoms with Crippen LogP contribution in [0.3, 0.4) is 0 Å². The number of nitrogens with zero attached hydrogens (tertiary/aromatic N) is 2. The van der Waals surface area contributed by atoms with Crippen LogP contribution in [0.15, 0.2) is 18.2 Å². The lowest BCUT2D eigenvalue weighted by atomic mass is 10.1. The van der Waals surface area contributed by atoms with Crippen molar-refractivity contribution >= 4 is 29.1 Å². The summed E-state index contributed by atoms with van der Waals surface area (Å²) in [4.78, 5) is 28.7. The van der Waals surface area contributed by atoms with E-state index >= 15 is 0 Å². The molecule has 0 bridgehead atoms. The number of rotatable bonds is 3. The Kier molecular flexibility index (Phi) is 4.80. The van der Waals surface area contributed by atoms with E-state index in [-0.39, 0.29) is 30.4 Å². The van der Waals surface area contributed by atoms with Crippen LogP contribution in [0.4, 0.5) is 5.69 Å². The molecule has 0 spiro atoms. The van der Waals surface area contributed by atoms with Crippen molar-refractivity contribution in [1.82, 2.24) is 4.90 Å². The van der Waals surface area contributed by atoms with Gasteiger partial charge in [0.25, 0.3) is 5.91 Å². The topological polar surface area (TPSA) is 59.1 Å². The molecule has 2 aliphatic heterocycles. The first-order valence-electron chi connectivity index (χ1n) is 8.00. The SMILES string of the molecule is COc1ccc(Cl)cc1N1C(=O)C[C@@H](N2C[C@@H](C)O[C@H](C)C2)C1=O. The van der Waals surface area contributed by atoms with Gasteiger partial charge in [-0.05, 0) is 32.0 Å². The summed E-state index contributed by atoms with van der Waals surface area (Å²) in [7, 11) is 1.50. The fourth-order valence-electron chi connectivity index (χ4n) is 3.46. The molecule has 2 fully saturated rings. The fraction of sp³-hybridized carbons (Fsp3) is 0.529. The first-order chi connectivity index (χ1) is 11.4. The standard InChI is InChI=1S/C17H21ClN2O4/c1-10-8-19(9-11(2)24-10)14-7-16(21)20(17(14)22)13-6-12(18)4-5-15(13)23-3/h4-6,10-11,14H,7-9H2,1-3H3/t10-,11-,14-/m1/s1. The molecular weight excluding hydrogens is 332 g/mol. The fourth-order valence-corrected chi connectivity index (χ4v) is 3.63. The van der Waals surface area contributed by atoms with Gasteiger partial charge in [-0.1, -0.05) is 11.6 Å². The maximum atomic E-state index is 12.9. The number of halogens is 1. The molecule has 2 aliphatic rings. The van der Waals surface area contributed by atoms with E-state index in [9.17, 15) is 9.59 Å². The van der Waals surface area contributed by atoms with Gasteiger partial charge in [0.1, 0.15) is 5.75 Å². The van der Waals surface area contributed by atoms with Crippen molar-refractivity contribution in [2.75, 3.05) is 25.1 Å². The van der Waals surface area contributed by atoms with Crippen LogP contribution >= 0.6 is 11.6 Å². The molecule has 130 valence electrons. The summed E-state index contributed by atoms with van der Waals surface area (Å²) in [5, 5.41) is 0.448. The Hall–Kier alpha value is -1.63. The van der Waals surface area contributed by atoms with E-state index in [1.807, 2.05) is 18.7 Å². The summed E-state index contributed by atoms with van der Waals surface area (Å²) in [6, 6.07) is 4.45. The van der Waals surface area contributed by atoms with Gasteiger partial charge >= 0.3 is 0 Å². The van der Waals surface area contributed by atoms with E-state index in [0.29, 0.717) is 29.5 Å². The highest BCUT2D eigenvalue weighted by Crippen LogP contribution is 2.35. The molecule has 0 N–H and O–H groups in total. The zero-order valence-electron chi connectivity index (χ0n) is 14.0. The van der Waals surface area contributed by atoms with Crippen molar-refractivity contribution in [3.05, 3.63) is 23.2 Å². The minimum Gasteiger partial charge on any atom is -0.495 e. The first-order valence-corrected chi connectivity index (χ1v) is 8.38. The van der Waals surface area contributed by atoms with Crippen molar-refractivity contribution in [2.45, 2.75) is 38.5 Å². The van der Waals surface area contributed by atoms with E-state index in [1.54, 1.807) is 18.2 Å². The average Bonchev–Trinajstić information content (AvgIpc) is 2.81. The van der Waals surface area contributed by atoms with Crippen LogP contribution in [0, 0.1) is 0 Å². The number of carbonyl (C=O) groups excluding carboxylic acids is 2. The van der Waals surface area contributed by atoms with E-state index in [0.717, 1.165) is 0 Å². The number of carbonyl (C=O) groups is 2. The number of hydrogen-bond donors (Lipinski definition) is 0. The Morgan fingerprint density at radius 3 is 2.50 bits per heavy atom. The highest BCUT2D eigenvalue weighted by atomic mass is 35.5. The molecule has 24 heavy (non-hydrogen) atoms. The summed E-state index contributed by atoms with van der Waals surface area (Å²) in [6.07, 6.45) is 0.228. The second kappa shape index (κ2) is 6.70. The molecule has 2 amide bonds. The smallest absolute Gasteiger partial charge is 0.251 e. The summed E-state index contributed by atoms with van der Waals surface area (Å²) < 4.78 is 11.0. The largest absolute Gasteiger partial charge is 0.495 e. The Morgan fingerprint density at radius 2 is 1.88 bits per heavy atom. The monoisotopic (exact) mass is 352 g/mol. The third-order valence-electron chi connectivity index (χ3n) is 4.39. The molecular formula is C17H21ClN2O4. The number of anilines is 1. The molecule has 1 aromatic carbocycles. The van der Waals surface area contributed by atoms with Gasteiger partial charge in [-0.25, -0.2) is 4.90 Å². The molecule has 0 radical (unpaired) electrons. The van der Waals surface area contributed by atoms with Crippen LogP contribution in [0.1, 0.15) is 20.3 Å². The second-order valence-corrected chi connectivity index (χ2v) is 6.75. The van der Waals surface area contributed by atoms with Gasteiger partial charge in [0.2, 0.25) is 5.91 Å². The Labute approximate surface area is 146 Å². The number of benzene rings is 1. The minimum atomic E-state index is -0.463. The highest BCUT2D eigenvalue weighted by Gasteiger charge is 2.45. The number of amides is 2. The van der Waals surface area contributed by atoms with E-state index in [2.05, 4.69) is 0 Å². The Morgan fingerprint density at radius 1 is 1.21 bits per heavy atom. The Balaban J connectivity index is 1.88. The van der Waals surface area contributed by atoms with Crippen LogP contribution in [0.2, 0.25) is 5.02 Å². The maximum absolute atomic E-state index is 12.9. The second-order valence-electron chi connectivity index (χ2n) is 6.31. The van der Waals surface area contributed by atoms with Crippen LogP contribution in [0.25, 0.3) is 0 Å². The van der Waals surface area contributed by atoms with Gasteiger partial charge < -0.3 is 9.47 Å². The molecule has 0 aromatic heterocycles. The lowest BCUT2D eigenvalue weighted by molar-refractivity contribution is -0.127.